The number of nitriles is 1. The van der Waals surface area contributed by atoms with E-state index >= 15 is 0 Å². The molecule has 0 bridgehead atoms. The molecule has 9 heteroatoms. The number of likely N-dealkylation sites (tertiary alicyclic amines) is 1. The van der Waals surface area contributed by atoms with Crippen LogP contribution in [0.25, 0.3) is 11.1 Å². The van der Waals surface area contributed by atoms with Crippen LogP contribution in [0.3, 0.4) is 0 Å². The Labute approximate surface area is 265 Å². The van der Waals surface area contributed by atoms with E-state index in [2.05, 4.69) is 35.8 Å². The number of halogens is 1. The van der Waals surface area contributed by atoms with Gasteiger partial charge in [-0.15, -0.1) is 0 Å². The van der Waals surface area contributed by atoms with Gasteiger partial charge in [0.25, 0.3) is 5.91 Å². The van der Waals surface area contributed by atoms with Crippen LogP contribution in [-0.2, 0) is 23.3 Å². The molecule has 1 saturated heterocycles. The molecular formula is C35H41ClN4O4. The van der Waals surface area contributed by atoms with Gasteiger partial charge in [-0.3, -0.25) is 4.79 Å². The lowest BCUT2D eigenvalue weighted by Crippen LogP contribution is -2.48. The summed E-state index contributed by atoms with van der Waals surface area (Å²) in [5, 5.41) is 28.9. The number of carbonyl (C=O) groups excluding carboxylic acids is 2. The Morgan fingerprint density at radius 1 is 1.16 bits per heavy atom. The van der Waals surface area contributed by atoms with Crippen molar-refractivity contribution in [1.29, 1.82) is 5.26 Å². The van der Waals surface area contributed by atoms with Crippen LogP contribution in [0, 0.1) is 17.2 Å². The van der Waals surface area contributed by atoms with E-state index in [0.29, 0.717) is 73.6 Å². The number of hydrogen-bond donors (Lipinski definition) is 3. The van der Waals surface area contributed by atoms with Crippen LogP contribution < -0.4 is 10.6 Å². The maximum absolute atomic E-state index is 13.8. The quantitative estimate of drug-likeness (QED) is 0.226. The minimum absolute atomic E-state index is 0.223. The number of aliphatic hydroxyl groups is 1. The van der Waals surface area contributed by atoms with Crippen LogP contribution >= 0.6 is 11.6 Å². The topological polar surface area (TPSA) is 115 Å². The number of hydrogen-bond acceptors (Lipinski definition) is 6. The third-order valence-electron chi connectivity index (χ3n) is 8.49. The van der Waals surface area contributed by atoms with Crippen molar-refractivity contribution in [3.63, 3.8) is 0 Å². The van der Waals surface area contributed by atoms with Crippen molar-refractivity contribution in [3.8, 4) is 17.2 Å². The van der Waals surface area contributed by atoms with Gasteiger partial charge in [0.1, 0.15) is 0 Å². The Morgan fingerprint density at radius 2 is 1.95 bits per heavy atom. The fourth-order valence-corrected chi connectivity index (χ4v) is 6.49. The number of nitrogens with zero attached hydrogens (tertiary/aromatic N) is 2. The molecule has 1 aliphatic heterocycles. The van der Waals surface area contributed by atoms with Crippen LogP contribution in [0.2, 0.25) is 5.02 Å². The molecule has 8 nitrogen and oxygen atoms in total. The molecule has 1 aliphatic rings. The van der Waals surface area contributed by atoms with Gasteiger partial charge in [0.05, 0.1) is 29.9 Å². The van der Waals surface area contributed by atoms with Gasteiger partial charge in [-0.05, 0) is 79.6 Å². The predicted molar refractivity (Wildman–Crippen MR) is 172 cm³/mol. The highest BCUT2D eigenvalue weighted by atomic mass is 35.5. The summed E-state index contributed by atoms with van der Waals surface area (Å²) in [5.41, 5.74) is 3.79. The van der Waals surface area contributed by atoms with Crippen molar-refractivity contribution in [2.45, 2.75) is 51.2 Å². The summed E-state index contributed by atoms with van der Waals surface area (Å²) in [6.45, 7) is 3.84. The summed E-state index contributed by atoms with van der Waals surface area (Å²) in [4.78, 5) is 27.3. The SMILES string of the molecule is CCc1cccc(-c2c(Cl)cccc2C(O)(CCCNC(=O)OC)[C@@H]2CCCN(C(=O)c3ccc(CNC)cc3C#N)C2)c1. The number of alkyl carbamates (subject to hydrolysis) is 1. The Balaban J connectivity index is 1.72. The minimum Gasteiger partial charge on any atom is -0.453 e. The smallest absolute Gasteiger partial charge is 0.406 e. The maximum Gasteiger partial charge on any atom is 0.406 e. The maximum atomic E-state index is 13.8. The van der Waals surface area contributed by atoms with Gasteiger partial charge in [0.2, 0.25) is 0 Å². The zero-order chi connectivity index (χ0) is 31.7. The molecule has 3 aromatic carbocycles. The molecule has 2 amide bonds. The third kappa shape index (κ3) is 7.41. The third-order valence-corrected chi connectivity index (χ3v) is 8.81. The Hall–Kier alpha value is -3.90. The number of piperidine rings is 1. The van der Waals surface area contributed by atoms with E-state index < -0.39 is 11.7 Å². The molecule has 232 valence electrons. The molecule has 1 fully saturated rings. The van der Waals surface area contributed by atoms with E-state index in [1.54, 1.807) is 17.0 Å². The Morgan fingerprint density at radius 3 is 2.68 bits per heavy atom. The molecule has 0 saturated carbocycles. The minimum atomic E-state index is -1.37. The molecule has 3 N–H and O–H groups in total. The van der Waals surface area contributed by atoms with Gasteiger partial charge >= 0.3 is 6.09 Å². The van der Waals surface area contributed by atoms with E-state index in [1.165, 1.54) is 7.11 Å². The number of carbonyl (C=O) groups is 2. The van der Waals surface area contributed by atoms with E-state index in [1.807, 2.05) is 43.4 Å². The predicted octanol–water partition coefficient (Wildman–Crippen LogP) is 6.04. The largest absolute Gasteiger partial charge is 0.453 e. The van der Waals surface area contributed by atoms with Crippen molar-refractivity contribution in [1.82, 2.24) is 15.5 Å². The Bertz CT molecular complexity index is 1520. The number of aryl methyl sites for hydroxylation is 1. The zero-order valence-electron chi connectivity index (χ0n) is 25.7. The number of ether oxygens (including phenoxy) is 1. The summed E-state index contributed by atoms with van der Waals surface area (Å²) in [6, 6.07) is 21.3. The van der Waals surface area contributed by atoms with Crippen molar-refractivity contribution < 1.29 is 19.4 Å². The lowest BCUT2D eigenvalue weighted by atomic mass is 9.72. The molecular weight excluding hydrogens is 576 g/mol. The molecule has 0 spiro atoms. The normalized spacial score (nSPS) is 16.1. The van der Waals surface area contributed by atoms with Crippen LogP contribution in [0.5, 0.6) is 0 Å². The number of rotatable bonds is 11. The van der Waals surface area contributed by atoms with Gasteiger partial charge in [0.15, 0.2) is 0 Å². The number of nitrogens with one attached hydrogen (secondary N) is 2. The molecule has 1 heterocycles. The monoisotopic (exact) mass is 616 g/mol. The van der Waals surface area contributed by atoms with Crippen molar-refractivity contribution in [3.05, 3.63) is 93.5 Å². The van der Waals surface area contributed by atoms with Gasteiger partial charge in [-0.1, -0.05) is 61.0 Å². The Kier molecular flexibility index (Phi) is 11.4. The average Bonchev–Trinajstić information content (AvgIpc) is 3.06. The molecule has 0 radical (unpaired) electrons. The van der Waals surface area contributed by atoms with Crippen LogP contribution in [0.15, 0.2) is 60.7 Å². The first-order valence-electron chi connectivity index (χ1n) is 15.1. The second-order valence-corrected chi connectivity index (χ2v) is 11.7. The van der Waals surface area contributed by atoms with Crippen molar-refractivity contribution in [2.75, 3.05) is 33.8 Å². The molecule has 2 atom stereocenters. The van der Waals surface area contributed by atoms with E-state index in [0.717, 1.165) is 28.7 Å². The lowest BCUT2D eigenvalue weighted by molar-refractivity contribution is -0.0563. The van der Waals surface area contributed by atoms with Crippen LogP contribution in [0.4, 0.5) is 4.79 Å². The first kappa shape index (κ1) is 33.0. The zero-order valence-corrected chi connectivity index (χ0v) is 26.4. The highest BCUT2D eigenvalue weighted by Gasteiger charge is 2.43. The number of benzene rings is 3. The van der Waals surface area contributed by atoms with Crippen molar-refractivity contribution in [2.24, 2.45) is 5.92 Å². The number of methoxy groups -OCH3 is 1. The standard InChI is InChI=1S/C35H41ClN4O4/c1-4-24-9-5-10-26(19-24)32-30(12-6-13-31(32)36)35(43,16-8-17-39-34(42)44-3)28-11-7-18-40(23-28)33(41)29-15-14-25(22-38-2)20-27(29)21-37/h5-6,9-10,12-15,19-20,28,38,43H,4,7-8,11,16-18,22-23H2,1-3H3,(H,39,42)/t28-,35?/m1/s1. The molecule has 4 rings (SSSR count). The molecule has 0 aliphatic carbocycles. The molecule has 1 unspecified atom stereocenters. The first-order valence-corrected chi connectivity index (χ1v) is 15.5. The fourth-order valence-electron chi connectivity index (χ4n) is 6.21. The summed E-state index contributed by atoms with van der Waals surface area (Å²) in [5.74, 6) is -0.544. The van der Waals surface area contributed by atoms with E-state index in [-0.39, 0.29) is 11.8 Å². The average molecular weight is 617 g/mol. The van der Waals surface area contributed by atoms with E-state index in [4.69, 9.17) is 16.3 Å². The van der Waals surface area contributed by atoms with Gasteiger partial charge in [-0.25, -0.2) is 4.79 Å². The van der Waals surface area contributed by atoms with Gasteiger partial charge in [0, 0.05) is 42.7 Å². The summed E-state index contributed by atoms with van der Waals surface area (Å²) in [7, 11) is 3.14. The summed E-state index contributed by atoms with van der Waals surface area (Å²) >= 11 is 6.87. The molecule has 3 aromatic rings. The summed E-state index contributed by atoms with van der Waals surface area (Å²) in [6.07, 6.45) is 2.52. The number of amides is 2. The van der Waals surface area contributed by atoms with Crippen molar-refractivity contribution >= 4 is 23.6 Å². The highest BCUT2D eigenvalue weighted by molar-refractivity contribution is 6.33. The fraction of sp³-hybridized carbons (Fsp3) is 0.400. The van der Waals surface area contributed by atoms with Gasteiger partial charge in [-0.2, -0.15) is 5.26 Å². The molecule has 44 heavy (non-hydrogen) atoms. The highest BCUT2D eigenvalue weighted by Crippen LogP contribution is 2.46. The van der Waals surface area contributed by atoms with Gasteiger partial charge < -0.3 is 25.4 Å². The van der Waals surface area contributed by atoms with Crippen LogP contribution in [0.1, 0.15) is 65.2 Å². The second kappa shape index (κ2) is 15.2. The molecule has 0 aromatic heterocycles. The first-order chi connectivity index (χ1) is 21.2. The second-order valence-electron chi connectivity index (χ2n) is 11.3. The van der Waals surface area contributed by atoms with E-state index in [9.17, 15) is 20.0 Å². The lowest BCUT2D eigenvalue weighted by Gasteiger charge is -2.44. The van der Waals surface area contributed by atoms with Crippen LogP contribution in [-0.4, -0.2) is 55.8 Å². The summed E-state index contributed by atoms with van der Waals surface area (Å²) < 4.78 is 4.72.